The third-order valence-corrected chi connectivity index (χ3v) is 4.99. The second-order valence-electron chi connectivity index (χ2n) is 6.94. The van der Waals surface area contributed by atoms with Gasteiger partial charge in [-0.3, -0.25) is 9.36 Å². The molecule has 30 heavy (non-hydrogen) atoms. The minimum Gasteiger partial charge on any atom is -0.479 e. The fraction of sp³-hybridized carbons (Fsp3) is 0.316. The number of aliphatic carboxylic acids is 1. The molecule has 11 heteroatoms. The molecule has 1 aliphatic rings. The molecule has 11 nitrogen and oxygen atoms in total. The van der Waals surface area contributed by atoms with Gasteiger partial charge < -0.3 is 26.0 Å². The summed E-state index contributed by atoms with van der Waals surface area (Å²) in [4.78, 5) is 36.1. The Labute approximate surface area is 170 Å². The number of amides is 1. The standard InChI is InChI=1S/C19H20N6O5/c20-16-13-17(22-8-21-16)25(9-23-13)18-14(27)12(15(30-18)19(28)29)24-11(26)7-6-10-4-2-1-3-5-10/h1-5,8-9,12,14-15,18,27H,6-7H2,(H,24,26)(H,28,29)(H2,20,21,22). The highest BCUT2D eigenvalue weighted by Gasteiger charge is 2.49. The largest absolute Gasteiger partial charge is 0.479 e. The number of fused-ring (bicyclic) bond motifs is 1. The number of anilines is 1. The molecule has 0 spiro atoms. The van der Waals surface area contributed by atoms with E-state index < -0.39 is 30.4 Å². The van der Waals surface area contributed by atoms with Crippen molar-refractivity contribution in [2.45, 2.75) is 37.3 Å². The molecule has 1 fully saturated rings. The van der Waals surface area contributed by atoms with E-state index in [1.54, 1.807) is 0 Å². The van der Waals surface area contributed by atoms with Gasteiger partial charge in [0.05, 0.1) is 12.4 Å². The third-order valence-electron chi connectivity index (χ3n) is 4.99. The number of carbonyl (C=O) groups excluding carboxylic acids is 1. The monoisotopic (exact) mass is 412 g/mol. The normalized spacial score (nSPS) is 23.5. The van der Waals surface area contributed by atoms with Crippen molar-refractivity contribution in [3.8, 4) is 0 Å². The van der Waals surface area contributed by atoms with Crippen LogP contribution in [0.4, 0.5) is 5.82 Å². The molecule has 3 aromatic rings. The van der Waals surface area contributed by atoms with Crippen molar-refractivity contribution in [2.24, 2.45) is 0 Å². The molecule has 1 aliphatic heterocycles. The molecule has 2 aromatic heterocycles. The van der Waals surface area contributed by atoms with Crippen molar-refractivity contribution in [1.29, 1.82) is 0 Å². The summed E-state index contributed by atoms with van der Waals surface area (Å²) in [5.41, 5.74) is 7.33. The number of aromatic nitrogens is 4. The number of nitrogens with two attached hydrogens (primary N) is 1. The van der Waals surface area contributed by atoms with E-state index in [0.717, 1.165) is 5.56 Å². The Morgan fingerprint density at radius 2 is 1.97 bits per heavy atom. The molecule has 1 amide bonds. The summed E-state index contributed by atoms with van der Waals surface area (Å²) in [7, 11) is 0. The van der Waals surface area contributed by atoms with E-state index in [9.17, 15) is 19.8 Å². The van der Waals surface area contributed by atoms with Gasteiger partial charge in [-0.25, -0.2) is 19.7 Å². The Hall–Kier alpha value is -3.57. The summed E-state index contributed by atoms with van der Waals surface area (Å²) >= 11 is 0. The van der Waals surface area contributed by atoms with Gasteiger partial charge in [0.15, 0.2) is 23.8 Å². The van der Waals surface area contributed by atoms with Crippen LogP contribution in [0.15, 0.2) is 43.0 Å². The first kappa shape index (κ1) is 19.7. The third kappa shape index (κ3) is 3.67. The average Bonchev–Trinajstić information content (AvgIpc) is 3.30. The van der Waals surface area contributed by atoms with Crippen molar-refractivity contribution < 1.29 is 24.5 Å². The van der Waals surface area contributed by atoms with Gasteiger partial charge in [-0.1, -0.05) is 30.3 Å². The van der Waals surface area contributed by atoms with Crippen molar-refractivity contribution in [3.63, 3.8) is 0 Å². The van der Waals surface area contributed by atoms with Crippen LogP contribution in [0.2, 0.25) is 0 Å². The molecule has 0 aliphatic carbocycles. The summed E-state index contributed by atoms with van der Waals surface area (Å²) in [6.45, 7) is 0. The summed E-state index contributed by atoms with van der Waals surface area (Å²) < 4.78 is 6.94. The van der Waals surface area contributed by atoms with E-state index in [1.807, 2.05) is 30.3 Å². The van der Waals surface area contributed by atoms with Crippen LogP contribution < -0.4 is 11.1 Å². The lowest BCUT2D eigenvalue weighted by molar-refractivity contribution is -0.152. The number of carboxylic acids is 1. The molecule has 4 atom stereocenters. The van der Waals surface area contributed by atoms with Crippen molar-refractivity contribution in [2.75, 3.05) is 5.73 Å². The number of nitrogens with zero attached hydrogens (tertiary/aromatic N) is 4. The number of rotatable bonds is 6. The Balaban J connectivity index is 1.51. The van der Waals surface area contributed by atoms with Crippen LogP contribution in [0.5, 0.6) is 0 Å². The molecule has 0 radical (unpaired) electrons. The van der Waals surface area contributed by atoms with E-state index in [2.05, 4.69) is 20.3 Å². The number of aliphatic hydroxyl groups excluding tert-OH is 1. The van der Waals surface area contributed by atoms with Gasteiger partial charge in [-0.2, -0.15) is 0 Å². The van der Waals surface area contributed by atoms with E-state index in [1.165, 1.54) is 17.2 Å². The van der Waals surface area contributed by atoms with E-state index in [-0.39, 0.29) is 23.8 Å². The molecule has 1 aromatic carbocycles. The number of nitrogens with one attached hydrogen (secondary N) is 1. The van der Waals surface area contributed by atoms with Crippen molar-refractivity contribution in [3.05, 3.63) is 48.5 Å². The quantitative estimate of drug-likeness (QED) is 0.431. The maximum absolute atomic E-state index is 12.4. The fourth-order valence-corrected chi connectivity index (χ4v) is 3.49. The van der Waals surface area contributed by atoms with Crippen LogP contribution in [0, 0.1) is 0 Å². The number of aliphatic hydroxyl groups is 1. The van der Waals surface area contributed by atoms with Gasteiger partial charge in [0.25, 0.3) is 0 Å². The number of hydrogen-bond donors (Lipinski definition) is 4. The SMILES string of the molecule is Nc1ncnc2c1ncn2C1OC(C(=O)O)C(NC(=O)CCc2ccccc2)C1O. The molecule has 1 saturated heterocycles. The van der Waals surface area contributed by atoms with Crippen LogP contribution in [-0.2, 0) is 20.7 Å². The van der Waals surface area contributed by atoms with Gasteiger partial charge >= 0.3 is 5.97 Å². The molecular weight excluding hydrogens is 392 g/mol. The second-order valence-corrected chi connectivity index (χ2v) is 6.94. The zero-order chi connectivity index (χ0) is 21.3. The first-order valence-corrected chi connectivity index (χ1v) is 9.28. The lowest BCUT2D eigenvalue weighted by Gasteiger charge is -2.20. The van der Waals surface area contributed by atoms with Gasteiger partial charge in [0.1, 0.15) is 17.9 Å². The molecule has 156 valence electrons. The number of ether oxygens (including phenoxy) is 1. The number of hydrogen-bond acceptors (Lipinski definition) is 8. The number of carboxylic acid groups (broad SMARTS) is 1. The van der Waals surface area contributed by atoms with Gasteiger partial charge in [0.2, 0.25) is 5.91 Å². The van der Waals surface area contributed by atoms with Crippen molar-refractivity contribution >= 4 is 28.9 Å². The number of imidazole rings is 1. The Kier molecular flexibility index (Phi) is 5.29. The Morgan fingerprint density at radius 1 is 1.20 bits per heavy atom. The molecule has 5 N–H and O–H groups in total. The first-order valence-electron chi connectivity index (χ1n) is 9.28. The molecular formula is C19H20N6O5. The van der Waals surface area contributed by atoms with Crippen LogP contribution in [0.25, 0.3) is 11.2 Å². The minimum atomic E-state index is -1.44. The maximum atomic E-state index is 12.4. The lowest BCUT2D eigenvalue weighted by atomic mass is 10.1. The maximum Gasteiger partial charge on any atom is 0.335 e. The second kappa shape index (κ2) is 8.05. The van der Waals surface area contributed by atoms with Gasteiger partial charge in [0, 0.05) is 6.42 Å². The predicted molar refractivity (Wildman–Crippen MR) is 104 cm³/mol. The number of nitrogen functional groups attached to an aromatic ring is 1. The summed E-state index contributed by atoms with van der Waals surface area (Å²) in [6, 6.07) is 8.28. The number of benzene rings is 1. The van der Waals surface area contributed by atoms with E-state index in [0.29, 0.717) is 11.9 Å². The Bertz CT molecular complexity index is 1070. The van der Waals surface area contributed by atoms with Gasteiger partial charge in [-0.15, -0.1) is 0 Å². The van der Waals surface area contributed by atoms with Crippen LogP contribution in [0.3, 0.4) is 0 Å². The molecule has 0 bridgehead atoms. The summed E-state index contributed by atoms with van der Waals surface area (Å²) in [5.74, 6) is -1.55. The highest BCUT2D eigenvalue weighted by molar-refractivity contribution is 5.82. The fourth-order valence-electron chi connectivity index (χ4n) is 3.49. The summed E-state index contributed by atoms with van der Waals surface area (Å²) in [5, 5.41) is 22.9. The van der Waals surface area contributed by atoms with E-state index >= 15 is 0 Å². The first-order chi connectivity index (χ1) is 14.5. The predicted octanol–water partition coefficient (Wildman–Crippen LogP) is -0.131. The Morgan fingerprint density at radius 3 is 2.70 bits per heavy atom. The highest BCUT2D eigenvalue weighted by Crippen LogP contribution is 2.32. The van der Waals surface area contributed by atoms with E-state index in [4.69, 9.17) is 10.5 Å². The van der Waals surface area contributed by atoms with Crippen molar-refractivity contribution in [1.82, 2.24) is 24.8 Å². The van der Waals surface area contributed by atoms with Gasteiger partial charge in [-0.05, 0) is 12.0 Å². The highest BCUT2D eigenvalue weighted by atomic mass is 16.6. The molecule has 4 unspecified atom stereocenters. The smallest absolute Gasteiger partial charge is 0.335 e. The molecule has 3 heterocycles. The van der Waals surface area contributed by atoms with Crippen LogP contribution in [0.1, 0.15) is 18.2 Å². The number of carbonyl (C=O) groups is 2. The van der Waals surface area contributed by atoms with Crippen LogP contribution in [-0.4, -0.2) is 59.9 Å². The average molecular weight is 412 g/mol. The zero-order valence-corrected chi connectivity index (χ0v) is 15.8. The number of aryl methyl sites for hydroxylation is 1. The lowest BCUT2D eigenvalue weighted by Crippen LogP contribution is -2.49. The molecule has 4 rings (SSSR count). The van der Waals surface area contributed by atoms with Crippen LogP contribution >= 0.6 is 0 Å². The zero-order valence-electron chi connectivity index (χ0n) is 15.8. The topological polar surface area (TPSA) is 165 Å². The molecule has 0 saturated carbocycles. The summed E-state index contributed by atoms with van der Waals surface area (Å²) in [6.07, 6.45) is -0.717. The minimum absolute atomic E-state index is 0.141.